The zero-order valence-corrected chi connectivity index (χ0v) is 21.9. The summed E-state index contributed by atoms with van der Waals surface area (Å²) < 4.78 is 0. The van der Waals surface area contributed by atoms with Gasteiger partial charge in [-0.25, -0.2) is 0 Å². The number of benzene rings is 1. The summed E-state index contributed by atoms with van der Waals surface area (Å²) in [7, 11) is 3.95. The Hall–Kier alpha value is -2.36. The minimum atomic E-state index is 0.0559. The standard InChI is InChI=1S/C24H34Cl2N8O/c1-27-22-30-23(32-24(31-22)34-11-9-33(2)10-12-34)29-19-7-3-16(4-8-19)13-21(35)28-15-17-5-6-18(25)14-20(17)26/h5-6,14,16,19H,3-4,7-13,15H2,1-2H3,(H,28,35)(H2,27,29,30,31,32). The molecule has 35 heavy (non-hydrogen) atoms. The highest BCUT2D eigenvalue weighted by molar-refractivity contribution is 6.35. The van der Waals surface area contributed by atoms with Crippen LogP contribution in [0.3, 0.4) is 0 Å². The van der Waals surface area contributed by atoms with E-state index in [0.29, 0.717) is 46.8 Å². The lowest BCUT2D eigenvalue weighted by Gasteiger charge is -2.33. The molecule has 3 N–H and O–H groups in total. The predicted molar refractivity (Wildman–Crippen MR) is 141 cm³/mol. The number of hydrogen-bond acceptors (Lipinski definition) is 8. The minimum Gasteiger partial charge on any atom is -0.357 e. The van der Waals surface area contributed by atoms with Crippen molar-refractivity contribution in [2.45, 2.75) is 44.7 Å². The predicted octanol–water partition coefficient (Wildman–Crippen LogP) is 3.65. The van der Waals surface area contributed by atoms with Crippen molar-refractivity contribution in [2.24, 2.45) is 5.92 Å². The molecule has 0 radical (unpaired) electrons. The van der Waals surface area contributed by atoms with Gasteiger partial charge in [0.2, 0.25) is 23.8 Å². The second-order valence-electron chi connectivity index (χ2n) is 9.40. The first-order valence-electron chi connectivity index (χ1n) is 12.2. The molecule has 0 bridgehead atoms. The summed E-state index contributed by atoms with van der Waals surface area (Å²) in [6.07, 6.45) is 4.46. The number of aromatic nitrogens is 3. The zero-order valence-electron chi connectivity index (χ0n) is 20.4. The number of amides is 1. The number of anilines is 3. The number of carbonyl (C=O) groups excluding carboxylic acids is 1. The van der Waals surface area contributed by atoms with Gasteiger partial charge in [0, 0.05) is 62.3 Å². The second-order valence-corrected chi connectivity index (χ2v) is 10.2. The maximum Gasteiger partial charge on any atom is 0.232 e. The summed E-state index contributed by atoms with van der Waals surface area (Å²) in [5, 5.41) is 10.7. The van der Waals surface area contributed by atoms with Crippen molar-refractivity contribution in [2.75, 3.05) is 55.8 Å². The summed E-state index contributed by atoms with van der Waals surface area (Å²) in [4.78, 5) is 30.8. The normalized spacial score (nSPS) is 21.0. The van der Waals surface area contributed by atoms with Gasteiger partial charge in [0.15, 0.2) is 0 Å². The van der Waals surface area contributed by atoms with Crippen molar-refractivity contribution in [1.29, 1.82) is 0 Å². The van der Waals surface area contributed by atoms with Gasteiger partial charge in [0.05, 0.1) is 0 Å². The molecule has 1 saturated carbocycles. The number of carbonyl (C=O) groups is 1. The first kappa shape index (κ1) is 25.7. The lowest BCUT2D eigenvalue weighted by Crippen LogP contribution is -2.45. The summed E-state index contributed by atoms with van der Waals surface area (Å²) in [6.45, 7) is 4.21. The third kappa shape index (κ3) is 7.32. The summed E-state index contributed by atoms with van der Waals surface area (Å²) in [6, 6.07) is 5.61. The number of piperazine rings is 1. The molecule has 0 unspecified atom stereocenters. The molecular formula is C24H34Cl2N8O. The van der Waals surface area contributed by atoms with Crippen LogP contribution in [0.5, 0.6) is 0 Å². The van der Waals surface area contributed by atoms with E-state index in [1.165, 1.54) is 0 Å². The Morgan fingerprint density at radius 2 is 1.74 bits per heavy atom. The van der Waals surface area contributed by atoms with Crippen LogP contribution < -0.4 is 20.9 Å². The quantitative estimate of drug-likeness (QED) is 0.485. The Bertz CT molecular complexity index is 1010. The van der Waals surface area contributed by atoms with Crippen molar-refractivity contribution < 1.29 is 4.79 Å². The lowest BCUT2D eigenvalue weighted by molar-refractivity contribution is -0.122. The molecule has 0 atom stereocenters. The molecule has 4 rings (SSSR count). The van der Waals surface area contributed by atoms with Crippen molar-refractivity contribution >= 4 is 47.0 Å². The van der Waals surface area contributed by atoms with Crippen LogP contribution in [0.25, 0.3) is 0 Å². The van der Waals surface area contributed by atoms with Crippen LogP contribution in [0.1, 0.15) is 37.7 Å². The molecule has 190 valence electrons. The van der Waals surface area contributed by atoms with Gasteiger partial charge < -0.3 is 25.8 Å². The molecule has 1 aromatic heterocycles. The molecule has 9 nitrogen and oxygen atoms in total. The van der Waals surface area contributed by atoms with Crippen LogP contribution in [0.2, 0.25) is 10.0 Å². The van der Waals surface area contributed by atoms with Crippen LogP contribution in [-0.2, 0) is 11.3 Å². The number of halogens is 2. The number of rotatable bonds is 8. The Morgan fingerprint density at radius 3 is 2.43 bits per heavy atom. The van der Waals surface area contributed by atoms with Crippen LogP contribution >= 0.6 is 23.2 Å². The van der Waals surface area contributed by atoms with Crippen molar-refractivity contribution in [1.82, 2.24) is 25.2 Å². The minimum absolute atomic E-state index is 0.0559. The van der Waals surface area contributed by atoms with Crippen LogP contribution in [0.15, 0.2) is 18.2 Å². The van der Waals surface area contributed by atoms with Gasteiger partial charge in [-0.15, -0.1) is 0 Å². The monoisotopic (exact) mass is 520 g/mol. The van der Waals surface area contributed by atoms with Gasteiger partial charge in [0.1, 0.15) is 0 Å². The zero-order chi connectivity index (χ0) is 24.8. The molecule has 1 aliphatic carbocycles. The largest absolute Gasteiger partial charge is 0.357 e. The molecule has 0 spiro atoms. The van der Waals surface area contributed by atoms with E-state index < -0.39 is 0 Å². The summed E-state index contributed by atoms with van der Waals surface area (Å²) >= 11 is 12.1. The van der Waals surface area contributed by atoms with Crippen LogP contribution in [-0.4, -0.2) is 72.1 Å². The van der Waals surface area contributed by atoms with Crippen molar-refractivity contribution in [3.63, 3.8) is 0 Å². The van der Waals surface area contributed by atoms with E-state index in [0.717, 1.165) is 57.4 Å². The van der Waals surface area contributed by atoms with E-state index in [9.17, 15) is 4.79 Å². The fraction of sp³-hybridized carbons (Fsp3) is 0.583. The van der Waals surface area contributed by atoms with Gasteiger partial charge in [-0.05, 0) is 56.3 Å². The van der Waals surface area contributed by atoms with Gasteiger partial charge >= 0.3 is 0 Å². The molecular weight excluding hydrogens is 487 g/mol. The molecule has 1 aromatic carbocycles. The van der Waals surface area contributed by atoms with Crippen LogP contribution in [0.4, 0.5) is 17.8 Å². The number of nitrogens with one attached hydrogen (secondary N) is 3. The summed E-state index contributed by atoms with van der Waals surface area (Å²) in [5.74, 6) is 2.33. The third-order valence-electron chi connectivity index (χ3n) is 6.78. The maximum atomic E-state index is 12.5. The topological polar surface area (TPSA) is 98.3 Å². The molecule has 1 aliphatic heterocycles. The van der Waals surface area contributed by atoms with Crippen molar-refractivity contribution in [3.8, 4) is 0 Å². The van der Waals surface area contributed by atoms with Gasteiger partial charge in [-0.1, -0.05) is 29.3 Å². The van der Waals surface area contributed by atoms with Crippen molar-refractivity contribution in [3.05, 3.63) is 33.8 Å². The highest BCUT2D eigenvalue weighted by atomic mass is 35.5. The number of hydrogen-bond donors (Lipinski definition) is 3. The lowest BCUT2D eigenvalue weighted by atomic mass is 9.84. The van der Waals surface area contributed by atoms with E-state index in [1.807, 2.05) is 13.1 Å². The first-order valence-corrected chi connectivity index (χ1v) is 13.0. The van der Waals surface area contributed by atoms with Gasteiger partial charge in [-0.2, -0.15) is 15.0 Å². The number of likely N-dealkylation sites (N-methyl/N-ethyl adjacent to an activating group) is 1. The van der Waals surface area contributed by atoms with E-state index in [4.69, 9.17) is 28.2 Å². The van der Waals surface area contributed by atoms with E-state index in [-0.39, 0.29) is 11.9 Å². The molecule has 2 aliphatic rings. The third-order valence-corrected chi connectivity index (χ3v) is 7.37. The van der Waals surface area contributed by atoms with Crippen LogP contribution in [0, 0.1) is 5.92 Å². The second kappa shape index (κ2) is 12.1. The maximum absolute atomic E-state index is 12.5. The highest BCUT2D eigenvalue weighted by Crippen LogP contribution is 2.29. The van der Waals surface area contributed by atoms with Gasteiger partial charge in [0.25, 0.3) is 0 Å². The summed E-state index contributed by atoms with van der Waals surface area (Å²) in [5.41, 5.74) is 0.867. The van der Waals surface area contributed by atoms with E-state index in [1.54, 1.807) is 12.1 Å². The Balaban J connectivity index is 1.25. The highest BCUT2D eigenvalue weighted by Gasteiger charge is 2.25. The molecule has 1 amide bonds. The SMILES string of the molecule is CNc1nc(NC2CCC(CC(=O)NCc3ccc(Cl)cc3Cl)CC2)nc(N2CCN(C)CC2)n1. The Morgan fingerprint density at radius 1 is 1.03 bits per heavy atom. The van der Waals surface area contributed by atoms with Gasteiger partial charge in [-0.3, -0.25) is 4.79 Å². The Labute approximate surface area is 217 Å². The first-order chi connectivity index (χ1) is 16.9. The fourth-order valence-electron chi connectivity index (χ4n) is 4.58. The molecule has 11 heteroatoms. The Kier molecular flexibility index (Phi) is 8.86. The average molecular weight is 521 g/mol. The van der Waals surface area contributed by atoms with E-state index in [2.05, 4.69) is 42.8 Å². The molecule has 2 fully saturated rings. The molecule has 2 heterocycles. The smallest absolute Gasteiger partial charge is 0.232 e. The molecule has 1 saturated heterocycles. The molecule has 2 aromatic rings. The number of nitrogens with zero attached hydrogens (tertiary/aromatic N) is 5. The average Bonchev–Trinajstić information content (AvgIpc) is 2.85. The fourth-order valence-corrected chi connectivity index (χ4v) is 5.05. The van der Waals surface area contributed by atoms with E-state index >= 15 is 0 Å².